The Balaban J connectivity index is 3.32. The van der Waals surface area contributed by atoms with Crippen molar-refractivity contribution < 1.29 is 23.1 Å². The van der Waals surface area contributed by atoms with Gasteiger partial charge in [-0.2, -0.15) is 13.2 Å². The van der Waals surface area contributed by atoms with Crippen LogP contribution in [0.4, 0.5) is 13.2 Å². The molecule has 0 aliphatic carbocycles. The van der Waals surface area contributed by atoms with Gasteiger partial charge in [0.05, 0.1) is 0 Å². The number of benzene rings is 1. The van der Waals surface area contributed by atoms with Crippen LogP contribution >= 0.6 is 34.2 Å². The molecule has 88 valence electrons. The Hall–Kier alpha value is -0.500. The zero-order chi connectivity index (χ0) is 12.5. The molecule has 0 radical (unpaired) electrons. The molecule has 1 aromatic rings. The van der Waals surface area contributed by atoms with E-state index in [1.165, 1.54) is 12.1 Å². The number of carboxylic acids is 1. The number of alkyl halides is 3. The molecule has 0 fully saturated rings. The number of rotatable bonds is 2. The van der Waals surface area contributed by atoms with E-state index in [4.69, 9.17) is 16.7 Å². The first-order valence-corrected chi connectivity index (χ1v) is 5.43. The van der Waals surface area contributed by atoms with Crippen LogP contribution in [0, 0.1) is 3.57 Å². The number of hydrogen-bond acceptors (Lipinski definition) is 1. The predicted octanol–water partition coefficient (Wildman–Crippen LogP) is 3.68. The highest BCUT2D eigenvalue weighted by molar-refractivity contribution is 14.1. The topological polar surface area (TPSA) is 37.3 Å². The Morgan fingerprint density at radius 1 is 1.44 bits per heavy atom. The van der Waals surface area contributed by atoms with Crippen molar-refractivity contribution in [3.63, 3.8) is 0 Å². The molecule has 0 saturated carbocycles. The van der Waals surface area contributed by atoms with E-state index >= 15 is 0 Å². The van der Waals surface area contributed by atoms with Gasteiger partial charge in [-0.1, -0.05) is 11.6 Å². The van der Waals surface area contributed by atoms with Gasteiger partial charge in [-0.05, 0) is 46.4 Å². The van der Waals surface area contributed by atoms with E-state index in [1.807, 2.05) is 0 Å². The maximum atomic E-state index is 12.5. The standard InChI is InChI=1S/C9H5ClF3IO2/c10-6-2-1-4(14)3-5(6)7(8(15)16)9(11,12)13/h1-3,7H,(H,15,16). The summed E-state index contributed by atoms with van der Waals surface area (Å²) in [5.41, 5.74) is -0.437. The largest absolute Gasteiger partial charge is 0.481 e. The maximum absolute atomic E-state index is 12.5. The Kier molecular flexibility index (Phi) is 4.06. The summed E-state index contributed by atoms with van der Waals surface area (Å²) in [4.78, 5) is 10.6. The Labute approximate surface area is 108 Å². The zero-order valence-corrected chi connectivity index (χ0v) is 10.5. The van der Waals surface area contributed by atoms with Gasteiger partial charge in [0, 0.05) is 8.59 Å². The third-order valence-corrected chi connectivity index (χ3v) is 2.86. The van der Waals surface area contributed by atoms with Gasteiger partial charge in [0.1, 0.15) is 0 Å². The van der Waals surface area contributed by atoms with Crippen LogP contribution in [-0.4, -0.2) is 17.3 Å². The van der Waals surface area contributed by atoms with Gasteiger partial charge in [0.25, 0.3) is 0 Å². The lowest BCUT2D eigenvalue weighted by Gasteiger charge is -2.17. The highest BCUT2D eigenvalue weighted by Gasteiger charge is 2.47. The van der Waals surface area contributed by atoms with Crippen LogP contribution in [0.3, 0.4) is 0 Å². The van der Waals surface area contributed by atoms with Gasteiger partial charge >= 0.3 is 12.1 Å². The Morgan fingerprint density at radius 2 is 2.00 bits per heavy atom. The van der Waals surface area contributed by atoms with Gasteiger partial charge in [0.2, 0.25) is 0 Å². The van der Waals surface area contributed by atoms with Crippen molar-refractivity contribution >= 4 is 40.2 Å². The fourth-order valence-corrected chi connectivity index (χ4v) is 1.93. The van der Waals surface area contributed by atoms with E-state index in [2.05, 4.69) is 0 Å². The lowest BCUT2D eigenvalue weighted by atomic mass is 9.99. The first-order valence-electron chi connectivity index (χ1n) is 3.98. The van der Waals surface area contributed by atoms with Crippen LogP contribution in [0.2, 0.25) is 5.02 Å². The highest BCUT2D eigenvalue weighted by Crippen LogP contribution is 2.38. The second-order valence-corrected chi connectivity index (χ2v) is 4.63. The smallest absolute Gasteiger partial charge is 0.406 e. The summed E-state index contributed by atoms with van der Waals surface area (Å²) in [5.74, 6) is -4.55. The third kappa shape index (κ3) is 3.00. The van der Waals surface area contributed by atoms with Gasteiger partial charge in [-0.15, -0.1) is 0 Å². The molecule has 1 aromatic carbocycles. The summed E-state index contributed by atoms with van der Waals surface area (Å²) in [6, 6.07) is 3.87. The average Bonchev–Trinajstić information content (AvgIpc) is 2.08. The molecule has 7 heteroatoms. The maximum Gasteiger partial charge on any atom is 0.406 e. The van der Waals surface area contributed by atoms with Crippen LogP contribution in [0.25, 0.3) is 0 Å². The van der Waals surface area contributed by atoms with Crippen molar-refractivity contribution in [3.8, 4) is 0 Å². The Morgan fingerprint density at radius 3 is 2.44 bits per heavy atom. The minimum absolute atomic E-state index is 0.204. The molecule has 1 unspecified atom stereocenters. The van der Waals surface area contributed by atoms with Crippen molar-refractivity contribution in [1.82, 2.24) is 0 Å². The lowest BCUT2D eigenvalue weighted by Crippen LogP contribution is -2.28. The summed E-state index contributed by atoms with van der Waals surface area (Å²) >= 11 is 7.36. The molecule has 0 heterocycles. The lowest BCUT2D eigenvalue weighted by molar-refractivity contribution is -0.176. The second kappa shape index (κ2) is 4.79. The Bertz CT molecular complexity index is 420. The monoisotopic (exact) mass is 364 g/mol. The van der Waals surface area contributed by atoms with E-state index in [9.17, 15) is 18.0 Å². The molecular weight excluding hydrogens is 359 g/mol. The minimum Gasteiger partial charge on any atom is -0.481 e. The number of carbonyl (C=O) groups is 1. The molecule has 0 amide bonds. The molecule has 1 rings (SSSR count). The third-order valence-electron chi connectivity index (χ3n) is 1.84. The molecule has 2 nitrogen and oxygen atoms in total. The molecule has 0 aliphatic heterocycles. The zero-order valence-electron chi connectivity index (χ0n) is 7.55. The highest BCUT2D eigenvalue weighted by atomic mass is 127. The van der Waals surface area contributed by atoms with Gasteiger partial charge < -0.3 is 5.11 Å². The molecule has 16 heavy (non-hydrogen) atoms. The van der Waals surface area contributed by atoms with E-state index < -0.39 is 23.6 Å². The number of halogens is 5. The molecule has 0 aromatic heterocycles. The summed E-state index contributed by atoms with van der Waals surface area (Å²) in [6.07, 6.45) is -4.86. The summed E-state index contributed by atoms with van der Waals surface area (Å²) in [7, 11) is 0. The average molecular weight is 364 g/mol. The van der Waals surface area contributed by atoms with Crippen molar-refractivity contribution in [2.75, 3.05) is 0 Å². The van der Waals surface area contributed by atoms with E-state index in [0.717, 1.165) is 6.07 Å². The number of carboxylic acid groups (broad SMARTS) is 1. The SMILES string of the molecule is O=C(O)C(c1cc(I)ccc1Cl)C(F)(F)F. The molecule has 0 aliphatic rings. The molecule has 0 saturated heterocycles. The van der Waals surface area contributed by atoms with Crippen LogP contribution < -0.4 is 0 Å². The molecule has 0 bridgehead atoms. The van der Waals surface area contributed by atoms with Crippen molar-refractivity contribution in [2.45, 2.75) is 12.1 Å². The predicted molar refractivity (Wildman–Crippen MR) is 60.6 cm³/mol. The minimum atomic E-state index is -4.86. The summed E-state index contributed by atoms with van der Waals surface area (Å²) in [5, 5.41) is 8.39. The van der Waals surface area contributed by atoms with Crippen molar-refractivity contribution in [1.29, 1.82) is 0 Å². The summed E-state index contributed by atoms with van der Waals surface area (Å²) in [6.45, 7) is 0. The van der Waals surface area contributed by atoms with Crippen molar-refractivity contribution in [2.24, 2.45) is 0 Å². The number of hydrogen-bond donors (Lipinski definition) is 1. The fourth-order valence-electron chi connectivity index (χ4n) is 1.19. The fraction of sp³-hybridized carbons (Fsp3) is 0.222. The molecule has 1 atom stereocenters. The first kappa shape index (κ1) is 13.6. The normalized spacial score (nSPS) is 13.6. The van der Waals surface area contributed by atoms with Crippen LogP contribution in [0.15, 0.2) is 18.2 Å². The summed E-state index contributed by atoms with van der Waals surface area (Å²) < 4.78 is 38.1. The molecule has 1 N–H and O–H groups in total. The second-order valence-electron chi connectivity index (χ2n) is 2.98. The van der Waals surface area contributed by atoms with Crippen molar-refractivity contribution in [3.05, 3.63) is 32.4 Å². The van der Waals surface area contributed by atoms with E-state index in [-0.39, 0.29) is 5.02 Å². The van der Waals surface area contributed by atoms with Gasteiger partial charge in [-0.25, -0.2) is 0 Å². The van der Waals surface area contributed by atoms with Gasteiger partial charge in [0.15, 0.2) is 5.92 Å². The van der Waals surface area contributed by atoms with Crippen LogP contribution in [-0.2, 0) is 4.79 Å². The van der Waals surface area contributed by atoms with Crippen LogP contribution in [0.5, 0.6) is 0 Å². The van der Waals surface area contributed by atoms with E-state index in [1.54, 1.807) is 22.6 Å². The van der Waals surface area contributed by atoms with E-state index in [0.29, 0.717) is 3.57 Å². The van der Waals surface area contributed by atoms with Crippen LogP contribution in [0.1, 0.15) is 11.5 Å². The first-order chi connectivity index (χ1) is 7.23. The number of aliphatic carboxylic acids is 1. The molecule has 0 spiro atoms. The molecular formula is C9H5ClF3IO2. The van der Waals surface area contributed by atoms with Gasteiger partial charge in [-0.3, -0.25) is 4.79 Å². The quantitative estimate of drug-likeness (QED) is 0.813.